The first kappa shape index (κ1) is 27.1. The number of fused-ring (bicyclic) bond motifs is 3. The van der Waals surface area contributed by atoms with Crippen LogP contribution in [0.2, 0.25) is 0 Å². The molecule has 1 spiro atoms. The van der Waals surface area contributed by atoms with E-state index in [0.29, 0.717) is 47.3 Å². The molecule has 43 heavy (non-hydrogen) atoms. The molecule has 0 bridgehead atoms. The average molecular weight is 587 g/mol. The number of aromatic nitrogens is 3. The lowest BCUT2D eigenvalue weighted by molar-refractivity contribution is -0.0300. The zero-order valence-corrected chi connectivity index (χ0v) is 24.2. The van der Waals surface area contributed by atoms with E-state index in [-0.39, 0.29) is 28.3 Å². The normalized spacial score (nSPS) is 25.0. The molecule has 2 N–H and O–H groups in total. The van der Waals surface area contributed by atoms with Crippen LogP contribution in [0.1, 0.15) is 50.5 Å². The second-order valence-corrected chi connectivity index (χ2v) is 12.8. The SMILES string of the molecule is OC1CC2(CCCN(c3nc(OCC45CCCN4CCC5)nc4c(F)c(-c5cccc6cccc(CF)c56)ncc34)C2)N1. The van der Waals surface area contributed by atoms with Crippen LogP contribution in [-0.4, -0.2) is 75.1 Å². The smallest absolute Gasteiger partial charge is 0.319 e. The van der Waals surface area contributed by atoms with Gasteiger partial charge in [0.1, 0.15) is 36.5 Å². The van der Waals surface area contributed by atoms with Crippen LogP contribution in [0, 0.1) is 5.82 Å². The first-order chi connectivity index (χ1) is 21.0. The van der Waals surface area contributed by atoms with Gasteiger partial charge in [0, 0.05) is 36.8 Å². The molecule has 4 saturated heterocycles. The predicted molar refractivity (Wildman–Crippen MR) is 161 cm³/mol. The number of rotatable bonds is 6. The number of hydrogen-bond donors (Lipinski definition) is 2. The predicted octanol–water partition coefficient (Wildman–Crippen LogP) is 5.11. The number of aliphatic hydroxyl groups excluding tert-OH is 1. The van der Waals surface area contributed by atoms with Crippen molar-refractivity contribution in [3.05, 3.63) is 54.0 Å². The second kappa shape index (κ2) is 10.3. The van der Waals surface area contributed by atoms with Gasteiger partial charge in [-0.3, -0.25) is 15.2 Å². The number of pyridine rings is 1. The highest BCUT2D eigenvalue weighted by molar-refractivity contribution is 6.00. The fourth-order valence-corrected chi connectivity index (χ4v) is 8.20. The van der Waals surface area contributed by atoms with Crippen LogP contribution in [0.25, 0.3) is 32.9 Å². The van der Waals surface area contributed by atoms with Crippen LogP contribution >= 0.6 is 0 Å². The van der Waals surface area contributed by atoms with E-state index < -0.39 is 18.7 Å². The summed E-state index contributed by atoms with van der Waals surface area (Å²) < 4.78 is 37.1. The molecular weight excluding hydrogens is 550 g/mol. The number of benzene rings is 2. The Morgan fingerprint density at radius 2 is 1.79 bits per heavy atom. The molecule has 4 aromatic rings. The molecule has 0 amide bonds. The van der Waals surface area contributed by atoms with Crippen molar-refractivity contribution in [3.63, 3.8) is 0 Å². The molecule has 4 aliphatic rings. The van der Waals surface area contributed by atoms with E-state index in [1.54, 1.807) is 18.3 Å². The van der Waals surface area contributed by atoms with Crippen molar-refractivity contribution in [2.24, 2.45) is 0 Å². The zero-order valence-electron chi connectivity index (χ0n) is 24.2. The third-order valence-electron chi connectivity index (χ3n) is 10.2. The number of aliphatic hydroxyl groups is 1. The van der Waals surface area contributed by atoms with Crippen LogP contribution in [0.5, 0.6) is 6.01 Å². The molecule has 2 aromatic heterocycles. The lowest BCUT2D eigenvalue weighted by atomic mass is 9.79. The van der Waals surface area contributed by atoms with Gasteiger partial charge in [0.25, 0.3) is 0 Å². The van der Waals surface area contributed by atoms with Gasteiger partial charge in [-0.2, -0.15) is 9.97 Å². The van der Waals surface area contributed by atoms with Crippen LogP contribution in [0.3, 0.4) is 0 Å². The van der Waals surface area contributed by atoms with Crippen LogP contribution in [0.4, 0.5) is 14.6 Å². The van der Waals surface area contributed by atoms with E-state index in [2.05, 4.69) is 25.1 Å². The van der Waals surface area contributed by atoms with Gasteiger partial charge in [-0.25, -0.2) is 8.78 Å². The van der Waals surface area contributed by atoms with Gasteiger partial charge >= 0.3 is 6.01 Å². The topological polar surface area (TPSA) is 86.6 Å². The summed E-state index contributed by atoms with van der Waals surface area (Å²) in [5.41, 5.74) is 1.10. The fourth-order valence-electron chi connectivity index (χ4n) is 8.20. The monoisotopic (exact) mass is 586 g/mol. The van der Waals surface area contributed by atoms with Gasteiger partial charge in [0.15, 0.2) is 5.82 Å². The van der Waals surface area contributed by atoms with Gasteiger partial charge in [0.05, 0.1) is 10.9 Å². The van der Waals surface area contributed by atoms with Crippen molar-refractivity contribution in [2.75, 3.05) is 37.7 Å². The van der Waals surface area contributed by atoms with E-state index in [9.17, 15) is 9.50 Å². The molecule has 4 aliphatic heterocycles. The molecule has 2 aromatic carbocycles. The van der Waals surface area contributed by atoms with E-state index in [1.165, 1.54) is 0 Å². The van der Waals surface area contributed by atoms with Crippen LogP contribution in [0.15, 0.2) is 42.6 Å². The summed E-state index contributed by atoms with van der Waals surface area (Å²) in [5.74, 6) is 0.0207. The molecule has 4 fully saturated rings. The highest BCUT2D eigenvalue weighted by atomic mass is 19.1. The largest absolute Gasteiger partial charge is 0.461 e. The number of nitrogens with zero attached hydrogens (tertiary/aromatic N) is 5. The maximum Gasteiger partial charge on any atom is 0.319 e. The minimum absolute atomic E-state index is 0.00663. The van der Waals surface area contributed by atoms with Crippen molar-refractivity contribution in [2.45, 2.75) is 68.9 Å². The molecule has 0 radical (unpaired) electrons. The van der Waals surface area contributed by atoms with Crippen molar-refractivity contribution in [1.82, 2.24) is 25.2 Å². The van der Waals surface area contributed by atoms with Crippen molar-refractivity contribution in [3.8, 4) is 17.3 Å². The lowest BCUT2D eigenvalue weighted by Gasteiger charge is -2.52. The number of hydrogen-bond acceptors (Lipinski definition) is 8. The molecule has 8 nitrogen and oxygen atoms in total. The Kier molecular flexibility index (Phi) is 6.50. The van der Waals surface area contributed by atoms with E-state index >= 15 is 4.39 Å². The second-order valence-electron chi connectivity index (χ2n) is 12.8. The maximum absolute atomic E-state index is 16.7. The molecule has 2 unspecified atom stereocenters. The lowest BCUT2D eigenvalue weighted by Crippen LogP contribution is -2.69. The number of halogens is 2. The molecule has 6 heterocycles. The number of anilines is 1. The van der Waals surface area contributed by atoms with Gasteiger partial charge in [-0.1, -0.05) is 36.4 Å². The number of piperidine rings is 1. The van der Waals surface area contributed by atoms with Crippen LogP contribution in [-0.2, 0) is 6.67 Å². The van der Waals surface area contributed by atoms with Gasteiger partial charge in [0.2, 0.25) is 0 Å². The number of ether oxygens (including phenoxy) is 1. The maximum atomic E-state index is 16.7. The summed E-state index contributed by atoms with van der Waals surface area (Å²) >= 11 is 0. The minimum atomic E-state index is -0.661. The van der Waals surface area contributed by atoms with Crippen LogP contribution < -0.4 is 15.0 Å². The van der Waals surface area contributed by atoms with Crippen molar-refractivity contribution in [1.29, 1.82) is 0 Å². The van der Waals surface area contributed by atoms with E-state index in [4.69, 9.17) is 9.72 Å². The summed E-state index contributed by atoms with van der Waals surface area (Å²) in [5, 5.41) is 15.3. The quantitative estimate of drug-likeness (QED) is 0.323. The Labute approximate surface area is 249 Å². The fraction of sp³-hybridized carbons (Fsp3) is 0.485. The Morgan fingerprint density at radius 1 is 1.02 bits per heavy atom. The molecule has 2 atom stereocenters. The third-order valence-corrected chi connectivity index (χ3v) is 10.2. The molecule has 8 rings (SSSR count). The van der Waals surface area contributed by atoms with Gasteiger partial charge in [-0.05, 0) is 68.0 Å². The first-order valence-corrected chi connectivity index (χ1v) is 15.5. The van der Waals surface area contributed by atoms with Gasteiger partial charge < -0.3 is 14.7 Å². The Hall–Kier alpha value is -3.47. The van der Waals surface area contributed by atoms with Crippen molar-refractivity contribution >= 4 is 27.5 Å². The Bertz CT molecular complexity index is 1690. The standard InChI is InChI=1S/C33H36F2N6O2/c34-17-22-8-1-6-21-7-2-9-23(26(21)22)28-27(35)29-24(18-36-28)30(40-13-3-10-32(19-40)16-25(42)39-32)38-31(37-29)43-20-33-11-4-14-41(33)15-5-12-33/h1-2,6-9,18,25,39,42H,3-5,10-17,19-20H2. The number of alkyl halides is 1. The molecular formula is C33H36F2N6O2. The molecule has 0 saturated carbocycles. The Balaban J connectivity index is 1.25. The highest BCUT2D eigenvalue weighted by Gasteiger charge is 2.47. The van der Waals surface area contributed by atoms with Crippen molar-refractivity contribution < 1.29 is 18.6 Å². The average Bonchev–Trinajstić information content (AvgIpc) is 3.60. The Morgan fingerprint density at radius 3 is 2.56 bits per heavy atom. The minimum Gasteiger partial charge on any atom is -0.461 e. The summed E-state index contributed by atoms with van der Waals surface area (Å²) in [6, 6.07) is 11.1. The van der Waals surface area contributed by atoms with E-state index in [0.717, 1.165) is 63.5 Å². The summed E-state index contributed by atoms with van der Waals surface area (Å²) in [6.45, 7) is 3.36. The summed E-state index contributed by atoms with van der Waals surface area (Å²) in [6.07, 6.45) is 8.14. The summed E-state index contributed by atoms with van der Waals surface area (Å²) in [7, 11) is 0. The third kappa shape index (κ3) is 4.45. The van der Waals surface area contributed by atoms with Gasteiger partial charge in [-0.15, -0.1) is 0 Å². The summed E-state index contributed by atoms with van der Waals surface area (Å²) in [4.78, 5) is 18.8. The van der Waals surface area contributed by atoms with E-state index in [1.807, 2.05) is 24.3 Å². The molecule has 224 valence electrons. The molecule has 10 heteroatoms. The number of nitrogens with one attached hydrogen (secondary N) is 1. The first-order valence-electron chi connectivity index (χ1n) is 15.5. The molecule has 0 aliphatic carbocycles. The zero-order chi connectivity index (χ0) is 29.2. The highest BCUT2D eigenvalue weighted by Crippen LogP contribution is 2.41.